The largest absolute Gasteiger partial charge is 0.313 e. The third-order valence-corrected chi connectivity index (χ3v) is 6.09. The van der Waals surface area contributed by atoms with Crippen LogP contribution in [0.1, 0.15) is 61.6 Å². The molecule has 3 heteroatoms. The number of aryl methyl sites for hydroxylation is 1. The maximum absolute atomic E-state index is 12.9. The quantitative estimate of drug-likeness (QED) is 0.436. The van der Waals surface area contributed by atoms with E-state index in [1.54, 1.807) is 0 Å². The van der Waals surface area contributed by atoms with Gasteiger partial charge in [0, 0.05) is 28.4 Å². The lowest BCUT2D eigenvalue weighted by molar-refractivity contribution is 0.0911. The molecule has 0 amide bonds. The smallest absolute Gasteiger partial charge is 0.165 e. The van der Waals surface area contributed by atoms with E-state index >= 15 is 0 Å². The van der Waals surface area contributed by atoms with E-state index in [4.69, 9.17) is 11.6 Å². The number of nitrogens with zero attached hydrogens (tertiary/aromatic N) is 1. The van der Waals surface area contributed by atoms with Gasteiger partial charge < -0.3 is 4.57 Å². The molecule has 0 saturated carbocycles. The Morgan fingerprint density at radius 1 is 1.00 bits per heavy atom. The van der Waals surface area contributed by atoms with Gasteiger partial charge in [-0.1, -0.05) is 63.1 Å². The molecule has 4 rings (SSSR count). The number of fused-ring (bicyclic) bond motifs is 1. The van der Waals surface area contributed by atoms with Gasteiger partial charge in [0.2, 0.25) is 0 Å². The zero-order valence-corrected chi connectivity index (χ0v) is 18.2. The summed E-state index contributed by atoms with van der Waals surface area (Å²) >= 11 is 6.12. The minimum absolute atomic E-state index is 0.0292. The summed E-state index contributed by atoms with van der Waals surface area (Å²) in [5, 5.41) is 0.717. The Labute approximate surface area is 178 Å². The number of Topliss-reactive ketones (excluding diaryl/α,β-unsaturated/α-hetero) is 1. The Morgan fingerprint density at radius 3 is 2.34 bits per heavy atom. The first-order chi connectivity index (χ1) is 13.9. The lowest BCUT2D eigenvalue weighted by Gasteiger charge is -2.30. The highest BCUT2D eigenvalue weighted by molar-refractivity contribution is 6.30. The SMILES string of the molecule is CCCCc1ccc(-n2c(-c3ccc(Cl)cc3)cc3c2CC(C)(C)CC3=O)cc1. The van der Waals surface area contributed by atoms with E-state index in [-0.39, 0.29) is 11.2 Å². The van der Waals surface area contributed by atoms with Gasteiger partial charge in [-0.2, -0.15) is 0 Å². The molecular formula is C26H28ClNO. The van der Waals surface area contributed by atoms with Gasteiger partial charge in [0.05, 0.1) is 5.69 Å². The predicted octanol–water partition coefficient (Wildman–Crippen LogP) is 7.30. The van der Waals surface area contributed by atoms with Crippen molar-refractivity contribution in [1.29, 1.82) is 0 Å². The number of carbonyl (C=O) groups is 1. The van der Waals surface area contributed by atoms with E-state index in [1.165, 1.54) is 18.4 Å². The molecule has 0 unspecified atom stereocenters. The molecule has 1 heterocycles. The molecule has 2 aromatic carbocycles. The number of benzene rings is 2. The molecule has 0 bridgehead atoms. The summed E-state index contributed by atoms with van der Waals surface area (Å²) in [6, 6.07) is 18.8. The highest BCUT2D eigenvalue weighted by Crippen LogP contribution is 2.40. The molecule has 0 spiro atoms. The Kier molecular flexibility index (Phi) is 5.40. The lowest BCUT2D eigenvalue weighted by atomic mass is 9.76. The molecule has 0 saturated heterocycles. The fourth-order valence-corrected chi connectivity index (χ4v) is 4.46. The Balaban J connectivity index is 1.86. The second kappa shape index (κ2) is 7.84. The number of carbonyl (C=O) groups excluding carboxylic acids is 1. The molecule has 2 nitrogen and oxygen atoms in total. The van der Waals surface area contributed by atoms with Crippen molar-refractivity contribution in [2.75, 3.05) is 0 Å². The normalized spacial score (nSPS) is 15.4. The standard InChI is InChI=1S/C26H28ClNO/c1-4-5-6-18-7-13-21(14-8-18)28-23(19-9-11-20(27)12-10-19)15-22-24(28)16-26(2,3)17-25(22)29/h7-15H,4-6,16-17H2,1-3H3. The zero-order valence-electron chi connectivity index (χ0n) is 17.5. The van der Waals surface area contributed by atoms with Crippen LogP contribution in [0.5, 0.6) is 0 Å². The minimum Gasteiger partial charge on any atom is -0.313 e. The first kappa shape index (κ1) is 20.0. The van der Waals surface area contributed by atoms with Crippen molar-refractivity contribution in [3.8, 4) is 16.9 Å². The molecule has 3 aromatic rings. The third kappa shape index (κ3) is 4.04. The van der Waals surface area contributed by atoms with Crippen LogP contribution < -0.4 is 0 Å². The highest BCUT2D eigenvalue weighted by Gasteiger charge is 2.34. The zero-order chi connectivity index (χ0) is 20.6. The van der Waals surface area contributed by atoms with Crippen LogP contribution >= 0.6 is 11.6 Å². The van der Waals surface area contributed by atoms with Crippen LogP contribution in [-0.2, 0) is 12.8 Å². The van der Waals surface area contributed by atoms with Crippen LogP contribution in [0.4, 0.5) is 0 Å². The molecule has 1 aliphatic rings. The fourth-order valence-electron chi connectivity index (χ4n) is 4.33. The van der Waals surface area contributed by atoms with Crippen LogP contribution in [-0.4, -0.2) is 10.4 Å². The Bertz CT molecular complexity index is 1030. The van der Waals surface area contributed by atoms with E-state index in [1.807, 2.05) is 24.3 Å². The number of ketones is 1. The average Bonchev–Trinajstić information content (AvgIpc) is 3.06. The number of halogens is 1. The van der Waals surface area contributed by atoms with Crippen molar-refractivity contribution in [2.24, 2.45) is 5.41 Å². The molecule has 1 aliphatic carbocycles. The molecule has 0 aliphatic heterocycles. The number of hydrogen-bond donors (Lipinski definition) is 0. The van der Waals surface area contributed by atoms with Crippen LogP contribution in [0.25, 0.3) is 16.9 Å². The van der Waals surface area contributed by atoms with Crippen molar-refractivity contribution in [3.05, 3.63) is 76.4 Å². The molecule has 0 atom stereocenters. The summed E-state index contributed by atoms with van der Waals surface area (Å²) < 4.78 is 2.28. The fraction of sp³-hybridized carbons (Fsp3) is 0.346. The van der Waals surface area contributed by atoms with E-state index in [9.17, 15) is 4.79 Å². The highest BCUT2D eigenvalue weighted by atomic mass is 35.5. The van der Waals surface area contributed by atoms with Gasteiger partial charge in [-0.3, -0.25) is 4.79 Å². The van der Waals surface area contributed by atoms with Crippen molar-refractivity contribution < 1.29 is 4.79 Å². The molecule has 1 aromatic heterocycles. The predicted molar refractivity (Wildman–Crippen MR) is 121 cm³/mol. The summed E-state index contributed by atoms with van der Waals surface area (Å²) in [7, 11) is 0. The van der Waals surface area contributed by atoms with E-state index < -0.39 is 0 Å². The average molecular weight is 406 g/mol. The van der Waals surface area contributed by atoms with Crippen molar-refractivity contribution in [2.45, 2.75) is 52.9 Å². The number of aromatic nitrogens is 1. The molecule has 29 heavy (non-hydrogen) atoms. The lowest BCUT2D eigenvalue weighted by Crippen LogP contribution is -2.27. The van der Waals surface area contributed by atoms with Crippen LogP contribution in [0.2, 0.25) is 5.02 Å². The van der Waals surface area contributed by atoms with Gasteiger partial charge in [0.1, 0.15) is 0 Å². The minimum atomic E-state index is -0.0292. The molecule has 150 valence electrons. The van der Waals surface area contributed by atoms with E-state index in [0.29, 0.717) is 11.4 Å². The topological polar surface area (TPSA) is 22.0 Å². The number of rotatable bonds is 5. The second-order valence-corrected chi connectivity index (χ2v) is 9.38. The number of unbranched alkanes of at least 4 members (excludes halogenated alkanes) is 1. The molecule has 0 radical (unpaired) electrons. The number of hydrogen-bond acceptors (Lipinski definition) is 1. The van der Waals surface area contributed by atoms with Crippen molar-refractivity contribution in [1.82, 2.24) is 4.57 Å². The van der Waals surface area contributed by atoms with Crippen LogP contribution in [0.3, 0.4) is 0 Å². The Hall–Kier alpha value is -2.32. The molecule has 0 N–H and O–H groups in total. The monoisotopic (exact) mass is 405 g/mol. The summed E-state index contributed by atoms with van der Waals surface area (Å²) in [6.07, 6.45) is 5.00. The maximum Gasteiger partial charge on any atom is 0.165 e. The first-order valence-electron chi connectivity index (χ1n) is 10.5. The summed E-state index contributed by atoms with van der Waals surface area (Å²) in [5.74, 6) is 0.241. The van der Waals surface area contributed by atoms with Gasteiger partial charge in [-0.15, -0.1) is 0 Å². The molecule has 0 fully saturated rings. The summed E-state index contributed by atoms with van der Waals surface area (Å²) in [5.41, 5.74) is 6.56. The van der Waals surface area contributed by atoms with Crippen molar-refractivity contribution >= 4 is 17.4 Å². The maximum atomic E-state index is 12.9. The van der Waals surface area contributed by atoms with Crippen LogP contribution in [0.15, 0.2) is 54.6 Å². The third-order valence-electron chi connectivity index (χ3n) is 5.84. The summed E-state index contributed by atoms with van der Waals surface area (Å²) in [6.45, 7) is 6.58. The van der Waals surface area contributed by atoms with E-state index in [0.717, 1.165) is 41.0 Å². The van der Waals surface area contributed by atoms with Crippen molar-refractivity contribution in [3.63, 3.8) is 0 Å². The van der Waals surface area contributed by atoms with Gasteiger partial charge in [-0.25, -0.2) is 0 Å². The van der Waals surface area contributed by atoms with Gasteiger partial charge in [0.25, 0.3) is 0 Å². The second-order valence-electron chi connectivity index (χ2n) is 8.94. The van der Waals surface area contributed by atoms with Gasteiger partial charge in [-0.05, 0) is 66.1 Å². The van der Waals surface area contributed by atoms with Crippen LogP contribution in [0, 0.1) is 5.41 Å². The van der Waals surface area contributed by atoms with Gasteiger partial charge >= 0.3 is 0 Å². The van der Waals surface area contributed by atoms with E-state index in [2.05, 4.69) is 55.7 Å². The molecular weight excluding hydrogens is 378 g/mol. The van der Waals surface area contributed by atoms with Gasteiger partial charge in [0.15, 0.2) is 5.78 Å². The Morgan fingerprint density at radius 2 is 1.69 bits per heavy atom. The first-order valence-corrected chi connectivity index (χ1v) is 10.9. The summed E-state index contributed by atoms with van der Waals surface area (Å²) in [4.78, 5) is 12.9.